The molecule has 4 rings (SSSR count). The van der Waals surface area contributed by atoms with Crippen LogP contribution in [0.2, 0.25) is 0 Å². The van der Waals surface area contributed by atoms with Gasteiger partial charge >= 0.3 is 0 Å². The van der Waals surface area contributed by atoms with Crippen LogP contribution in [0.3, 0.4) is 0 Å². The minimum absolute atomic E-state index is 0.0544. The normalized spacial score (nSPS) is 15.4. The third kappa shape index (κ3) is 4.82. The third-order valence-electron chi connectivity index (χ3n) is 6.30. The molecule has 4 nitrogen and oxygen atoms in total. The van der Waals surface area contributed by atoms with Crippen molar-refractivity contribution in [1.82, 2.24) is 9.80 Å². The number of carbonyl (C=O) groups excluding carboxylic acids is 1. The van der Waals surface area contributed by atoms with Crippen LogP contribution in [-0.4, -0.2) is 54.9 Å². The fourth-order valence-electron chi connectivity index (χ4n) is 4.70. The molecular weight excluding hydrogens is 422 g/mol. The molecule has 0 atom stereocenters. The lowest BCUT2D eigenvalue weighted by atomic mass is 9.77. The summed E-state index contributed by atoms with van der Waals surface area (Å²) in [7, 11) is 0. The Morgan fingerprint density at radius 2 is 1.45 bits per heavy atom. The molecule has 1 heterocycles. The minimum Gasteiger partial charge on any atom is -0.489 e. The Morgan fingerprint density at radius 1 is 0.879 bits per heavy atom. The Bertz CT molecular complexity index is 1030. The van der Waals surface area contributed by atoms with E-state index >= 15 is 0 Å². The molecule has 0 unspecified atom stereocenters. The number of Topliss-reactive ketones (excluding diaryl/α,β-unsaturated/α-hetero) is 1. The monoisotopic (exact) mass is 450 g/mol. The highest BCUT2D eigenvalue weighted by molar-refractivity contribution is 5.91. The molecule has 1 aliphatic rings. The average molecular weight is 451 g/mol. The zero-order chi connectivity index (χ0) is 23.3. The summed E-state index contributed by atoms with van der Waals surface area (Å²) in [6.45, 7) is 5.50. The summed E-state index contributed by atoms with van der Waals surface area (Å²) < 4.78 is 32.4. The number of carbonyl (C=O) groups is 1. The maximum Gasteiger partial charge on any atom is 0.167 e. The Hall–Kier alpha value is -3.09. The summed E-state index contributed by atoms with van der Waals surface area (Å²) in [5.74, 6) is -1.18. The second-order valence-electron chi connectivity index (χ2n) is 8.25. The van der Waals surface area contributed by atoms with Crippen LogP contribution in [0.4, 0.5) is 8.78 Å². The van der Waals surface area contributed by atoms with E-state index in [-0.39, 0.29) is 11.5 Å². The Morgan fingerprint density at radius 3 is 1.97 bits per heavy atom. The molecule has 0 spiro atoms. The largest absolute Gasteiger partial charge is 0.489 e. The molecule has 172 valence electrons. The van der Waals surface area contributed by atoms with Crippen LogP contribution in [0.25, 0.3) is 0 Å². The highest BCUT2D eigenvalue weighted by atomic mass is 19.1. The fourth-order valence-corrected chi connectivity index (χ4v) is 4.70. The summed E-state index contributed by atoms with van der Waals surface area (Å²) in [6, 6.07) is 23.2. The van der Waals surface area contributed by atoms with Crippen LogP contribution in [0, 0.1) is 11.6 Å². The molecule has 0 saturated carbocycles. The van der Waals surface area contributed by atoms with Crippen molar-refractivity contribution in [3.05, 3.63) is 102 Å². The molecule has 0 N–H and O–H groups in total. The van der Waals surface area contributed by atoms with Crippen LogP contribution < -0.4 is 4.74 Å². The molecule has 1 fully saturated rings. The van der Waals surface area contributed by atoms with Crippen LogP contribution in [0.15, 0.2) is 78.9 Å². The molecule has 0 aliphatic carbocycles. The molecule has 6 heteroatoms. The fraction of sp³-hybridized carbons (Fsp3) is 0.296. The van der Waals surface area contributed by atoms with Gasteiger partial charge in [-0.1, -0.05) is 60.7 Å². The molecule has 33 heavy (non-hydrogen) atoms. The smallest absolute Gasteiger partial charge is 0.167 e. The summed E-state index contributed by atoms with van der Waals surface area (Å²) in [6.07, 6.45) is 0. The van der Waals surface area contributed by atoms with Crippen molar-refractivity contribution in [3.8, 4) is 5.75 Å². The van der Waals surface area contributed by atoms with E-state index < -0.39 is 17.2 Å². The van der Waals surface area contributed by atoms with Gasteiger partial charge in [0, 0.05) is 38.8 Å². The molecule has 0 bridgehead atoms. The quantitative estimate of drug-likeness (QED) is 0.506. The first-order valence-corrected chi connectivity index (χ1v) is 11.2. The SMILES string of the molecule is CC(=O)C(c1ccccc1)(c1ccccc1)N1CCN(CCOc2ccc(F)cc2F)CC1. The third-order valence-corrected chi connectivity index (χ3v) is 6.30. The van der Waals surface area contributed by atoms with E-state index in [1.54, 1.807) is 6.92 Å². The maximum atomic E-state index is 13.8. The van der Waals surface area contributed by atoms with Gasteiger partial charge in [0.25, 0.3) is 0 Å². The van der Waals surface area contributed by atoms with Gasteiger partial charge in [-0.2, -0.15) is 0 Å². The number of piperazine rings is 1. The van der Waals surface area contributed by atoms with Gasteiger partial charge in [-0.15, -0.1) is 0 Å². The maximum absolute atomic E-state index is 13.8. The number of benzene rings is 3. The van der Waals surface area contributed by atoms with Crippen molar-refractivity contribution in [2.24, 2.45) is 0 Å². The van der Waals surface area contributed by atoms with Gasteiger partial charge in [0.1, 0.15) is 18.0 Å². The minimum atomic E-state index is -0.845. The lowest BCUT2D eigenvalue weighted by Crippen LogP contribution is -2.59. The van der Waals surface area contributed by atoms with Crippen molar-refractivity contribution >= 4 is 5.78 Å². The van der Waals surface area contributed by atoms with Gasteiger partial charge in [0.2, 0.25) is 0 Å². The lowest BCUT2D eigenvalue weighted by Gasteiger charge is -2.47. The lowest BCUT2D eigenvalue weighted by molar-refractivity contribution is -0.128. The molecular formula is C27H28F2N2O2. The van der Waals surface area contributed by atoms with Crippen LogP contribution >= 0.6 is 0 Å². The van der Waals surface area contributed by atoms with Crippen LogP contribution in [-0.2, 0) is 10.3 Å². The van der Waals surface area contributed by atoms with Crippen molar-refractivity contribution < 1.29 is 18.3 Å². The van der Waals surface area contributed by atoms with Crippen molar-refractivity contribution in [1.29, 1.82) is 0 Å². The van der Waals surface area contributed by atoms with Gasteiger partial charge in [0.15, 0.2) is 17.3 Å². The number of ether oxygens (including phenoxy) is 1. The van der Waals surface area contributed by atoms with Crippen molar-refractivity contribution in [2.75, 3.05) is 39.3 Å². The topological polar surface area (TPSA) is 32.8 Å². The standard InChI is InChI=1S/C27H28F2N2O2/c1-21(32)27(22-8-4-2-5-9-22,23-10-6-3-7-11-23)31-16-14-30(15-17-31)18-19-33-26-13-12-24(28)20-25(26)29/h2-13,20H,14-19H2,1H3. The Kier molecular flexibility index (Phi) is 7.16. The molecule has 3 aromatic rings. The molecule has 1 aliphatic heterocycles. The van der Waals surface area contributed by atoms with Gasteiger partial charge in [-0.3, -0.25) is 14.6 Å². The molecule has 3 aromatic carbocycles. The van der Waals surface area contributed by atoms with Gasteiger partial charge in [0.05, 0.1) is 0 Å². The zero-order valence-corrected chi connectivity index (χ0v) is 18.7. The van der Waals surface area contributed by atoms with Gasteiger partial charge in [-0.25, -0.2) is 8.78 Å². The number of rotatable bonds is 8. The Labute approximate surface area is 193 Å². The first-order valence-electron chi connectivity index (χ1n) is 11.2. The van der Waals surface area contributed by atoms with Crippen LogP contribution in [0.1, 0.15) is 18.1 Å². The molecule has 0 amide bonds. The highest BCUT2D eigenvalue weighted by Crippen LogP contribution is 2.37. The number of halogens is 2. The summed E-state index contributed by atoms with van der Waals surface area (Å²) in [5.41, 5.74) is 1.09. The second-order valence-corrected chi connectivity index (χ2v) is 8.25. The number of hydrogen-bond donors (Lipinski definition) is 0. The van der Waals surface area contributed by atoms with E-state index in [0.29, 0.717) is 26.2 Å². The summed E-state index contributed by atoms with van der Waals surface area (Å²) in [5, 5.41) is 0. The van der Waals surface area contributed by atoms with E-state index in [9.17, 15) is 13.6 Å². The molecule has 0 radical (unpaired) electrons. The number of nitrogens with zero attached hydrogens (tertiary/aromatic N) is 2. The number of ketones is 1. The average Bonchev–Trinajstić information content (AvgIpc) is 2.83. The van der Waals surface area contributed by atoms with E-state index in [2.05, 4.69) is 9.80 Å². The first kappa shape index (κ1) is 23.1. The van der Waals surface area contributed by atoms with Crippen molar-refractivity contribution in [2.45, 2.75) is 12.5 Å². The van der Waals surface area contributed by atoms with Gasteiger partial charge in [-0.05, 0) is 30.2 Å². The van der Waals surface area contributed by atoms with E-state index in [1.807, 2.05) is 60.7 Å². The predicted molar refractivity (Wildman–Crippen MR) is 124 cm³/mol. The highest BCUT2D eigenvalue weighted by Gasteiger charge is 2.45. The predicted octanol–water partition coefficient (Wildman–Crippen LogP) is 4.49. The number of hydrogen-bond acceptors (Lipinski definition) is 4. The van der Waals surface area contributed by atoms with E-state index in [0.717, 1.165) is 30.3 Å². The van der Waals surface area contributed by atoms with Crippen LogP contribution in [0.5, 0.6) is 5.75 Å². The Balaban J connectivity index is 1.47. The first-order chi connectivity index (χ1) is 16.0. The van der Waals surface area contributed by atoms with E-state index in [1.165, 1.54) is 12.1 Å². The van der Waals surface area contributed by atoms with Gasteiger partial charge < -0.3 is 4.74 Å². The molecule has 0 aromatic heterocycles. The molecule has 1 saturated heterocycles. The van der Waals surface area contributed by atoms with E-state index in [4.69, 9.17) is 4.74 Å². The summed E-state index contributed by atoms with van der Waals surface area (Å²) in [4.78, 5) is 17.8. The summed E-state index contributed by atoms with van der Waals surface area (Å²) >= 11 is 0. The van der Waals surface area contributed by atoms with Crippen molar-refractivity contribution in [3.63, 3.8) is 0 Å². The second kappa shape index (κ2) is 10.2. The zero-order valence-electron chi connectivity index (χ0n) is 18.7.